The fourth-order valence-corrected chi connectivity index (χ4v) is 10.4. The van der Waals surface area contributed by atoms with Crippen molar-refractivity contribution >= 4 is 49.8 Å². The summed E-state index contributed by atoms with van der Waals surface area (Å²) in [5.41, 5.74) is 17.1. The molecule has 5 heteroatoms. The molecule has 0 fully saturated rings. The Hall–Kier alpha value is -9.97. The van der Waals surface area contributed by atoms with Gasteiger partial charge in [-0.3, -0.25) is 0 Å². The zero-order chi connectivity index (χ0) is 49.4. The van der Waals surface area contributed by atoms with Crippen LogP contribution >= 0.6 is 0 Å². The lowest BCUT2D eigenvalue weighted by Crippen LogP contribution is -2.04. The molecular weight excluding hydrogens is 901 g/mol. The summed E-state index contributed by atoms with van der Waals surface area (Å²) in [7, 11) is 0. The maximum Gasteiger partial charge on any atom is 0.164 e. The van der Waals surface area contributed by atoms with Gasteiger partial charge in [-0.25, -0.2) is 15.0 Å². The first-order chi connectivity index (χ1) is 36.6. The number of allylic oxidation sites excluding steroid dienone is 4. The molecule has 13 rings (SSSR count). The number of para-hydroxylation sites is 2. The second-order valence-corrected chi connectivity index (χ2v) is 18.4. The summed E-state index contributed by atoms with van der Waals surface area (Å²) in [6, 6.07) is 83.0. The van der Waals surface area contributed by atoms with Crippen LogP contribution in [0, 0.1) is 0 Å². The molecule has 5 nitrogen and oxygen atoms in total. The van der Waals surface area contributed by atoms with Gasteiger partial charge in [0.05, 0.1) is 22.1 Å². The Bertz CT molecular complexity index is 4230. The summed E-state index contributed by atoms with van der Waals surface area (Å²) in [6.07, 6.45) is 10.0. The summed E-state index contributed by atoms with van der Waals surface area (Å²) >= 11 is 0. The molecule has 0 amide bonds. The van der Waals surface area contributed by atoms with Crippen molar-refractivity contribution in [3.05, 3.63) is 273 Å². The van der Waals surface area contributed by atoms with Gasteiger partial charge >= 0.3 is 0 Å². The third kappa shape index (κ3) is 8.09. The molecule has 0 aliphatic heterocycles. The molecular formula is C69H46N4O. The van der Waals surface area contributed by atoms with Gasteiger partial charge in [0.25, 0.3) is 0 Å². The molecule has 0 unspecified atom stereocenters. The van der Waals surface area contributed by atoms with Crippen LogP contribution in [-0.4, -0.2) is 19.5 Å². The minimum atomic E-state index is 0.550. The van der Waals surface area contributed by atoms with Gasteiger partial charge in [-0.15, -0.1) is 0 Å². The van der Waals surface area contributed by atoms with Crippen LogP contribution in [0.25, 0.3) is 134 Å². The number of nitrogens with zero attached hydrogens (tertiary/aromatic N) is 4. The average Bonchev–Trinajstić information content (AvgIpc) is 4.03. The predicted octanol–water partition coefficient (Wildman–Crippen LogP) is 18.3. The molecule has 0 saturated carbocycles. The van der Waals surface area contributed by atoms with Crippen LogP contribution < -0.4 is 0 Å². The number of furan rings is 1. The van der Waals surface area contributed by atoms with Crippen LogP contribution in [0.1, 0.15) is 5.56 Å². The van der Waals surface area contributed by atoms with Crippen molar-refractivity contribution in [1.29, 1.82) is 0 Å². The fourth-order valence-electron chi connectivity index (χ4n) is 10.4. The maximum atomic E-state index is 6.58. The van der Waals surface area contributed by atoms with Gasteiger partial charge in [0, 0.05) is 38.4 Å². The third-order valence-corrected chi connectivity index (χ3v) is 13.8. The first-order valence-corrected chi connectivity index (χ1v) is 24.9. The van der Waals surface area contributed by atoms with Crippen LogP contribution in [0.4, 0.5) is 0 Å². The quantitative estimate of drug-likeness (QED) is 0.121. The lowest BCUT2D eigenvalue weighted by atomic mass is 9.95. The number of rotatable bonds is 11. The first kappa shape index (κ1) is 44.0. The standard InChI is InChI=1S/C69H46N4O/c1-2-3-4-9-30-52-41-56(45-60(50-28-16-8-17-29-50)65(52)73-61-33-20-18-31-57(61)58-39-40-63-64(66(58)73)59-32-19-21-34-62(59)74-63)69-71-67(51-37-35-49(36-38-51)46-22-10-5-11-23-46)70-68(72-69)55-43-53(47-24-12-6-13-25-47)42-54(44-55)48-26-14-7-15-27-48/h2-45H,1H2/b4-3-,30-9+. The monoisotopic (exact) mass is 946 g/mol. The lowest BCUT2D eigenvalue weighted by Gasteiger charge is -2.20. The topological polar surface area (TPSA) is 56.7 Å². The minimum absolute atomic E-state index is 0.550. The average molecular weight is 947 g/mol. The highest BCUT2D eigenvalue weighted by Gasteiger charge is 2.24. The lowest BCUT2D eigenvalue weighted by molar-refractivity contribution is 0.669. The second kappa shape index (κ2) is 19.0. The zero-order valence-electron chi connectivity index (χ0n) is 40.3. The van der Waals surface area contributed by atoms with Gasteiger partial charge in [-0.2, -0.15) is 0 Å². The summed E-state index contributed by atoms with van der Waals surface area (Å²) in [4.78, 5) is 16.3. The van der Waals surface area contributed by atoms with Crippen LogP contribution in [-0.2, 0) is 0 Å². The molecule has 0 N–H and O–H groups in total. The maximum absolute atomic E-state index is 6.58. The number of hydrogen-bond donors (Lipinski definition) is 0. The molecule has 10 aromatic carbocycles. The molecule has 0 aliphatic carbocycles. The number of aromatic nitrogens is 4. The Morgan fingerprint density at radius 1 is 0.365 bits per heavy atom. The SMILES string of the molecule is C=C/C=C\C=C\c1cc(-c2nc(-c3ccc(-c4ccccc4)cc3)nc(-c3cc(-c4ccccc4)cc(-c4ccccc4)c3)n2)cc(-c2ccccc2)c1-n1c2ccccc2c2ccc3oc4ccccc4c3c21. The molecule has 3 heterocycles. The normalized spacial score (nSPS) is 11.7. The first-order valence-electron chi connectivity index (χ1n) is 24.9. The smallest absolute Gasteiger partial charge is 0.164 e. The van der Waals surface area contributed by atoms with E-state index >= 15 is 0 Å². The molecule has 13 aromatic rings. The molecule has 0 saturated heterocycles. The van der Waals surface area contributed by atoms with E-state index in [1.54, 1.807) is 6.08 Å². The van der Waals surface area contributed by atoms with Crippen LogP contribution in [0.2, 0.25) is 0 Å². The highest BCUT2D eigenvalue weighted by Crippen LogP contribution is 2.45. The third-order valence-electron chi connectivity index (χ3n) is 13.8. The van der Waals surface area contributed by atoms with Crippen LogP contribution in [0.3, 0.4) is 0 Å². The largest absolute Gasteiger partial charge is 0.456 e. The molecule has 0 spiro atoms. The van der Waals surface area contributed by atoms with E-state index in [1.165, 1.54) is 0 Å². The van der Waals surface area contributed by atoms with E-state index in [9.17, 15) is 0 Å². The van der Waals surface area contributed by atoms with Crippen molar-refractivity contribution in [2.24, 2.45) is 0 Å². The Kier molecular flexibility index (Phi) is 11.3. The van der Waals surface area contributed by atoms with E-state index in [0.717, 1.165) is 116 Å². The van der Waals surface area contributed by atoms with E-state index in [-0.39, 0.29) is 0 Å². The highest BCUT2D eigenvalue weighted by atomic mass is 16.3. The van der Waals surface area contributed by atoms with Gasteiger partial charge in [-0.1, -0.05) is 219 Å². The molecule has 3 aromatic heterocycles. The summed E-state index contributed by atoms with van der Waals surface area (Å²) < 4.78 is 9.02. The van der Waals surface area contributed by atoms with Crippen molar-refractivity contribution in [3.8, 4) is 84.4 Å². The van der Waals surface area contributed by atoms with Gasteiger partial charge in [0.1, 0.15) is 11.2 Å². The summed E-state index contributed by atoms with van der Waals surface area (Å²) in [5, 5.41) is 4.42. The van der Waals surface area contributed by atoms with E-state index < -0.39 is 0 Å². The molecule has 348 valence electrons. The Morgan fingerprint density at radius 3 is 1.50 bits per heavy atom. The van der Waals surface area contributed by atoms with Crippen LogP contribution in [0.5, 0.6) is 0 Å². The van der Waals surface area contributed by atoms with Gasteiger partial charge in [-0.05, 0) is 99.1 Å². The Balaban J connectivity index is 1.10. The number of hydrogen-bond acceptors (Lipinski definition) is 4. The fraction of sp³-hybridized carbons (Fsp3) is 0. The second-order valence-electron chi connectivity index (χ2n) is 18.4. The number of benzene rings is 10. The van der Waals surface area contributed by atoms with E-state index in [2.05, 4.69) is 242 Å². The van der Waals surface area contributed by atoms with Gasteiger partial charge in [0.2, 0.25) is 0 Å². The van der Waals surface area contributed by atoms with E-state index in [0.29, 0.717) is 17.5 Å². The molecule has 74 heavy (non-hydrogen) atoms. The van der Waals surface area contributed by atoms with Gasteiger partial charge in [0.15, 0.2) is 17.5 Å². The minimum Gasteiger partial charge on any atom is -0.456 e. The Labute approximate surface area is 429 Å². The van der Waals surface area contributed by atoms with Crippen LogP contribution in [0.15, 0.2) is 272 Å². The highest BCUT2D eigenvalue weighted by molar-refractivity contribution is 6.25. The van der Waals surface area contributed by atoms with Gasteiger partial charge < -0.3 is 8.98 Å². The van der Waals surface area contributed by atoms with Crippen molar-refractivity contribution in [2.75, 3.05) is 0 Å². The van der Waals surface area contributed by atoms with Crippen molar-refractivity contribution in [2.45, 2.75) is 0 Å². The molecule has 0 aliphatic rings. The molecule has 0 radical (unpaired) electrons. The van der Waals surface area contributed by atoms with E-state index in [4.69, 9.17) is 19.4 Å². The van der Waals surface area contributed by atoms with Crippen molar-refractivity contribution < 1.29 is 4.42 Å². The summed E-state index contributed by atoms with van der Waals surface area (Å²) in [6.45, 7) is 3.96. The van der Waals surface area contributed by atoms with Crippen molar-refractivity contribution in [3.63, 3.8) is 0 Å². The summed E-state index contributed by atoms with van der Waals surface area (Å²) in [5.74, 6) is 1.69. The Morgan fingerprint density at radius 2 is 0.865 bits per heavy atom. The molecule has 0 atom stereocenters. The zero-order valence-corrected chi connectivity index (χ0v) is 40.3. The molecule has 0 bridgehead atoms. The van der Waals surface area contributed by atoms with E-state index in [1.807, 2.05) is 30.4 Å². The van der Waals surface area contributed by atoms with Crippen molar-refractivity contribution in [1.82, 2.24) is 19.5 Å². The number of fused-ring (bicyclic) bond motifs is 7. The predicted molar refractivity (Wildman–Crippen MR) is 308 cm³/mol.